The Labute approximate surface area is 201 Å². The summed E-state index contributed by atoms with van der Waals surface area (Å²) in [5, 5.41) is 11.2. The zero-order valence-corrected chi connectivity index (χ0v) is 19.8. The lowest BCUT2D eigenvalue weighted by atomic mass is 10.0. The Morgan fingerprint density at radius 3 is 2.26 bits per heavy atom. The minimum absolute atomic E-state index is 0.152. The molecule has 0 atom stereocenters. The molecule has 3 aromatic rings. The van der Waals surface area contributed by atoms with Crippen molar-refractivity contribution in [2.24, 2.45) is 0 Å². The molecule has 11 heteroatoms. The first-order chi connectivity index (χ1) is 16.7. The first-order valence-corrected chi connectivity index (χ1v) is 11.3. The zero-order chi connectivity index (χ0) is 25.2. The van der Waals surface area contributed by atoms with Crippen molar-refractivity contribution in [2.75, 3.05) is 33.3 Å². The van der Waals surface area contributed by atoms with E-state index in [1.54, 1.807) is 0 Å². The van der Waals surface area contributed by atoms with Crippen LogP contribution in [0.15, 0.2) is 42.6 Å². The first-order valence-electron chi connectivity index (χ1n) is 11.3. The third-order valence-corrected chi connectivity index (χ3v) is 6.03. The van der Waals surface area contributed by atoms with E-state index in [0.29, 0.717) is 36.8 Å². The Balaban J connectivity index is 1.46. The minimum atomic E-state index is -4.81. The average Bonchev–Trinajstić information content (AvgIpc) is 3.30. The monoisotopic (exact) mass is 488 g/mol. The molecule has 1 aliphatic heterocycles. The number of hydrogen-bond acceptors (Lipinski definition) is 6. The molecule has 0 aliphatic carbocycles. The van der Waals surface area contributed by atoms with Crippen molar-refractivity contribution in [2.45, 2.75) is 32.5 Å². The van der Waals surface area contributed by atoms with Crippen LogP contribution in [0.4, 0.5) is 13.2 Å². The third-order valence-electron chi connectivity index (χ3n) is 6.03. The fourth-order valence-electron chi connectivity index (χ4n) is 4.03. The maximum atomic E-state index is 14.0. The van der Waals surface area contributed by atoms with E-state index >= 15 is 0 Å². The van der Waals surface area contributed by atoms with E-state index in [0.717, 1.165) is 18.3 Å². The molecule has 186 valence electrons. The number of benzene rings is 1. The number of hydrogen-bond donors (Lipinski definition) is 0. The van der Waals surface area contributed by atoms with Crippen molar-refractivity contribution in [1.82, 2.24) is 29.8 Å². The molecular weight excluding hydrogens is 461 g/mol. The lowest BCUT2D eigenvalue weighted by Crippen LogP contribution is -2.48. The standard InChI is InChI=1S/C24H27F3N6O2/c1-16(2)18-6-4-17(5-7-18)15-31-10-12-32(13-11-31)23(34)19-14-28-33(22(19)24(25,26)27)20-8-9-21(35-3)30-29-20/h4-9,14,16H,10-13,15H2,1-3H3. The first kappa shape index (κ1) is 24.6. The van der Waals surface area contributed by atoms with Crippen molar-refractivity contribution < 1.29 is 22.7 Å². The van der Waals surface area contributed by atoms with Crippen LogP contribution in [0.1, 0.15) is 46.9 Å². The van der Waals surface area contributed by atoms with Gasteiger partial charge in [0.25, 0.3) is 5.91 Å². The van der Waals surface area contributed by atoms with Gasteiger partial charge in [0.05, 0.1) is 18.9 Å². The number of halogens is 3. The van der Waals surface area contributed by atoms with Crippen LogP contribution < -0.4 is 4.74 Å². The molecule has 4 rings (SSSR count). The summed E-state index contributed by atoms with van der Waals surface area (Å²) in [6.07, 6.45) is -3.87. The van der Waals surface area contributed by atoms with Crippen LogP contribution in [0, 0.1) is 0 Å². The Kier molecular flexibility index (Phi) is 7.06. The fraction of sp³-hybridized carbons (Fsp3) is 0.417. The predicted octanol–water partition coefficient (Wildman–Crippen LogP) is 3.77. The summed E-state index contributed by atoms with van der Waals surface area (Å²) < 4.78 is 47.4. The molecule has 0 radical (unpaired) electrons. The number of ether oxygens (including phenoxy) is 1. The van der Waals surface area contributed by atoms with E-state index in [-0.39, 0.29) is 11.7 Å². The number of aromatic nitrogens is 4. The van der Waals surface area contributed by atoms with E-state index in [1.165, 1.54) is 29.7 Å². The number of alkyl halides is 3. The van der Waals surface area contributed by atoms with Gasteiger partial charge < -0.3 is 9.64 Å². The van der Waals surface area contributed by atoms with Crippen LogP contribution in [0.3, 0.4) is 0 Å². The molecule has 1 aromatic carbocycles. The van der Waals surface area contributed by atoms with Crippen LogP contribution in [-0.2, 0) is 12.7 Å². The van der Waals surface area contributed by atoms with Crippen molar-refractivity contribution in [3.8, 4) is 11.7 Å². The Morgan fingerprint density at radius 1 is 1.03 bits per heavy atom. The molecule has 8 nitrogen and oxygen atoms in total. The molecule has 0 spiro atoms. The number of carbonyl (C=O) groups is 1. The fourth-order valence-corrected chi connectivity index (χ4v) is 4.03. The van der Waals surface area contributed by atoms with Gasteiger partial charge in [-0.1, -0.05) is 38.1 Å². The normalized spacial score (nSPS) is 15.0. The van der Waals surface area contributed by atoms with Gasteiger partial charge in [-0.3, -0.25) is 9.69 Å². The Bertz CT molecular complexity index is 1150. The van der Waals surface area contributed by atoms with Crippen LogP contribution in [0.2, 0.25) is 0 Å². The molecular formula is C24H27F3N6O2. The van der Waals surface area contributed by atoms with Gasteiger partial charge in [-0.2, -0.15) is 18.3 Å². The van der Waals surface area contributed by atoms with Crippen molar-refractivity contribution in [3.05, 3.63) is 65.0 Å². The maximum absolute atomic E-state index is 14.0. The Morgan fingerprint density at radius 2 is 1.71 bits per heavy atom. The zero-order valence-electron chi connectivity index (χ0n) is 19.8. The van der Waals surface area contributed by atoms with E-state index < -0.39 is 23.3 Å². The molecule has 1 fully saturated rings. The predicted molar refractivity (Wildman–Crippen MR) is 122 cm³/mol. The number of nitrogens with zero attached hydrogens (tertiary/aromatic N) is 6. The van der Waals surface area contributed by atoms with Gasteiger partial charge >= 0.3 is 6.18 Å². The maximum Gasteiger partial charge on any atom is 0.434 e. The molecule has 1 amide bonds. The molecule has 0 unspecified atom stereocenters. The summed E-state index contributed by atoms with van der Waals surface area (Å²) in [6.45, 7) is 6.80. The number of methoxy groups -OCH3 is 1. The quantitative estimate of drug-likeness (QED) is 0.526. The summed E-state index contributed by atoms with van der Waals surface area (Å²) in [4.78, 5) is 16.7. The molecule has 0 bridgehead atoms. The minimum Gasteiger partial charge on any atom is -0.480 e. The van der Waals surface area contributed by atoms with Gasteiger partial charge in [-0.15, -0.1) is 10.2 Å². The molecule has 3 heterocycles. The van der Waals surface area contributed by atoms with Gasteiger partial charge in [0.2, 0.25) is 5.88 Å². The highest BCUT2D eigenvalue weighted by Gasteiger charge is 2.42. The number of carbonyl (C=O) groups excluding carboxylic acids is 1. The van der Waals surface area contributed by atoms with Crippen molar-refractivity contribution >= 4 is 5.91 Å². The highest BCUT2D eigenvalue weighted by molar-refractivity contribution is 5.95. The van der Waals surface area contributed by atoms with Crippen LogP contribution in [-0.4, -0.2) is 69.0 Å². The molecule has 0 saturated carbocycles. The van der Waals surface area contributed by atoms with Gasteiger partial charge in [0, 0.05) is 38.8 Å². The van der Waals surface area contributed by atoms with Gasteiger partial charge in [-0.05, 0) is 23.1 Å². The summed E-state index contributed by atoms with van der Waals surface area (Å²) in [5.41, 5.74) is 0.753. The number of rotatable bonds is 6. The summed E-state index contributed by atoms with van der Waals surface area (Å²) >= 11 is 0. The second kappa shape index (κ2) is 10.0. The highest BCUT2D eigenvalue weighted by Crippen LogP contribution is 2.34. The van der Waals surface area contributed by atoms with Gasteiger partial charge in [0.1, 0.15) is 0 Å². The lowest BCUT2D eigenvalue weighted by molar-refractivity contribution is -0.143. The second-order valence-corrected chi connectivity index (χ2v) is 8.71. The summed E-state index contributed by atoms with van der Waals surface area (Å²) in [6, 6.07) is 11.1. The van der Waals surface area contributed by atoms with Crippen LogP contribution in [0.5, 0.6) is 5.88 Å². The SMILES string of the molecule is COc1ccc(-n2ncc(C(=O)N3CCN(Cc4ccc(C(C)C)cc4)CC3)c2C(F)(F)F)nn1. The van der Waals surface area contributed by atoms with Crippen molar-refractivity contribution in [1.29, 1.82) is 0 Å². The molecule has 1 aliphatic rings. The number of piperazine rings is 1. The molecule has 2 aromatic heterocycles. The van der Waals surface area contributed by atoms with Crippen LogP contribution in [0.25, 0.3) is 5.82 Å². The molecule has 0 N–H and O–H groups in total. The molecule has 1 saturated heterocycles. The van der Waals surface area contributed by atoms with Crippen LogP contribution >= 0.6 is 0 Å². The van der Waals surface area contributed by atoms with E-state index in [9.17, 15) is 18.0 Å². The molecule has 35 heavy (non-hydrogen) atoms. The van der Waals surface area contributed by atoms with E-state index in [4.69, 9.17) is 4.74 Å². The number of amides is 1. The largest absolute Gasteiger partial charge is 0.480 e. The van der Waals surface area contributed by atoms with E-state index in [1.807, 2.05) is 0 Å². The smallest absolute Gasteiger partial charge is 0.434 e. The third kappa shape index (κ3) is 5.45. The second-order valence-electron chi connectivity index (χ2n) is 8.71. The van der Waals surface area contributed by atoms with Gasteiger partial charge in [-0.25, -0.2) is 4.68 Å². The summed E-state index contributed by atoms with van der Waals surface area (Å²) in [5.74, 6) is -0.253. The Hall–Kier alpha value is -3.47. The highest BCUT2D eigenvalue weighted by atomic mass is 19.4. The van der Waals surface area contributed by atoms with Crippen molar-refractivity contribution in [3.63, 3.8) is 0 Å². The van der Waals surface area contributed by atoms with Gasteiger partial charge in [0.15, 0.2) is 11.5 Å². The summed E-state index contributed by atoms with van der Waals surface area (Å²) in [7, 11) is 1.37. The topological polar surface area (TPSA) is 76.4 Å². The average molecular weight is 489 g/mol. The lowest BCUT2D eigenvalue weighted by Gasteiger charge is -2.34. The van der Waals surface area contributed by atoms with E-state index in [2.05, 4.69) is 58.3 Å².